The van der Waals surface area contributed by atoms with Gasteiger partial charge in [0.2, 0.25) is 0 Å². The number of ether oxygens (including phenoxy) is 1. The van der Waals surface area contributed by atoms with Gasteiger partial charge in [-0.25, -0.2) is 4.98 Å². The highest BCUT2D eigenvalue weighted by Gasteiger charge is 2.16. The lowest BCUT2D eigenvalue weighted by Gasteiger charge is -2.26. The van der Waals surface area contributed by atoms with Crippen molar-refractivity contribution < 1.29 is 9.84 Å². The molecule has 2 heterocycles. The second-order valence-corrected chi connectivity index (χ2v) is 4.44. The molecule has 1 aliphatic heterocycles. The number of morpholine rings is 1. The highest BCUT2D eigenvalue weighted by Crippen LogP contribution is 2.26. The molecule has 0 amide bonds. The molecule has 2 rings (SSSR count). The molecule has 1 aromatic rings. The fraction of sp³-hybridized carbons (Fsp3) is 0.667. The first kappa shape index (κ1) is 9.89. The number of aromatic nitrogens is 1. The molecule has 0 radical (unpaired) electrons. The van der Waals surface area contributed by atoms with E-state index in [0.717, 1.165) is 42.0 Å². The Morgan fingerprint density at radius 2 is 2.21 bits per heavy atom. The number of hydrogen-bond donors (Lipinski definition) is 1. The topological polar surface area (TPSA) is 45.6 Å². The van der Waals surface area contributed by atoms with E-state index < -0.39 is 0 Å². The van der Waals surface area contributed by atoms with Crippen molar-refractivity contribution in [3.8, 4) is 0 Å². The second kappa shape index (κ2) is 4.25. The van der Waals surface area contributed by atoms with Crippen LogP contribution in [0, 0.1) is 6.92 Å². The summed E-state index contributed by atoms with van der Waals surface area (Å²) in [5.74, 6) is 0. The van der Waals surface area contributed by atoms with Gasteiger partial charge in [0, 0.05) is 18.0 Å². The van der Waals surface area contributed by atoms with E-state index in [2.05, 4.69) is 9.88 Å². The molecule has 1 aromatic heterocycles. The second-order valence-electron chi connectivity index (χ2n) is 3.26. The maximum atomic E-state index is 9.03. The number of aliphatic hydroxyl groups excluding tert-OH is 1. The van der Waals surface area contributed by atoms with Gasteiger partial charge in [0.25, 0.3) is 0 Å². The van der Waals surface area contributed by atoms with E-state index >= 15 is 0 Å². The molecule has 1 saturated heterocycles. The van der Waals surface area contributed by atoms with Crippen LogP contribution < -0.4 is 4.90 Å². The van der Waals surface area contributed by atoms with Crippen molar-refractivity contribution in [3.05, 3.63) is 10.6 Å². The lowest BCUT2D eigenvalue weighted by molar-refractivity contribution is 0.122. The van der Waals surface area contributed by atoms with E-state index in [1.165, 1.54) is 0 Å². The Kier molecular flexibility index (Phi) is 3.00. The Morgan fingerprint density at radius 1 is 1.50 bits per heavy atom. The predicted molar refractivity (Wildman–Crippen MR) is 55.8 cm³/mol. The summed E-state index contributed by atoms with van der Waals surface area (Å²) in [4.78, 5) is 7.71. The number of thiazole rings is 1. The van der Waals surface area contributed by atoms with Gasteiger partial charge in [0.1, 0.15) is 0 Å². The minimum absolute atomic E-state index is 0.0344. The van der Waals surface area contributed by atoms with Crippen molar-refractivity contribution in [3.63, 3.8) is 0 Å². The number of nitrogens with zero attached hydrogens (tertiary/aromatic N) is 2. The highest BCUT2D eigenvalue weighted by atomic mass is 32.1. The third-order valence-corrected chi connectivity index (χ3v) is 3.39. The number of aryl methyl sites for hydroxylation is 1. The SMILES string of the molecule is Cc1sc(N2CCOCC2)nc1CO. The van der Waals surface area contributed by atoms with Gasteiger partial charge in [-0.2, -0.15) is 0 Å². The number of hydrogen-bond acceptors (Lipinski definition) is 5. The Labute approximate surface area is 87.1 Å². The summed E-state index contributed by atoms with van der Waals surface area (Å²) in [7, 11) is 0. The van der Waals surface area contributed by atoms with Gasteiger partial charge in [-0.15, -0.1) is 11.3 Å². The van der Waals surface area contributed by atoms with E-state index in [4.69, 9.17) is 9.84 Å². The van der Waals surface area contributed by atoms with Crippen LogP contribution in [-0.2, 0) is 11.3 Å². The number of aliphatic hydroxyl groups is 1. The molecular weight excluding hydrogens is 200 g/mol. The Hall–Kier alpha value is -0.650. The molecule has 0 saturated carbocycles. The molecule has 78 valence electrons. The maximum absolute atomic E-state index is 9.03. The Morgan fingerprint density at radius 3 is 2.79 bits per heavy atom. The average molecular weight is 214 g/mol. The first-order valence-corrected chi connectivity index (χ1v) is 5.53. The van der Waals surface area contributed by atoms with Crippen molar-refractivity contribution in [2.45, 2.75) is 13.5 Å². The van der Waals surface area contributed by atoms with Gasteiger partial charge in [-0.3, -0.25) is 0 Å². The number of rotatable bonds is 2. The van der Waals surface area contributed by atoms with Crippen LogP contribution in [0.2, 0.25) is 0 Å². The first-order chi connectivity index (χ1) is 6.81. The van der Waals surface area contributed by atoms with Crippen LogP contribution >= 0.6 is 11.3 Å². The van der Waals surface area contributed by atoms with Crippen molar-refractivity contribution in [1.82, 2.24) is 4.98 Å². The van der Waals surface area contributed by atoms with E-state index in [9.17, 15) is 0 Å². The smallest absolute Gasteiger partial charge is 0.186 e. The van der Waals surface area contributed by atoms with Gasteiger partial charge in [-0.1, -0.05) is 0 Å². The zero-order chi connectivity index (χ0) is 9.97. The summed E-state index contributed by atoms with van der Waals surface area (Å²) in [6.07, 6.45) is 0. The normalized spacial score (nSPS) is 17.4. The quantitative estimate of drug-likeness (QED) is 0.790. The lowest BCUT2D eigenvalue weighted by atomic mass is 10.4. The molecule has 0 unspecified atom stereocenters. The highest BCUT2D eigenvalue weighted by molar-refractivity contribution is 7.15. The predicted octanol–water partition coefficient (Wildman–Crippen LogP) is 0.780. The molecule has 1 N–H and O–H groups in total. The fourth-order valence-electron chi connectivity index (χ4n) is 1.45. The maximum Gasteiger partial charge on any atom is 0.186 e. The summed E-state index contributed by atoms with van der Waals surface area (Å²) in [6.45, 7) is 5.37. The average Bonchev–Trinajstić information content (AvgIpc) is 2.61. The van der Waals surface area contributed by atoms with Gasteiger partial charge < -0.3 is 14.7 Å². The molecule has 0 aliphatic carbocycles. The van der Waals surface area contributed by atoms with Crippen LogP contribution in [0.1, 0.15) is 10.6 Å². The van der Waals surface area contributed by atoms with Crippen molar-refractivity contribution in [2.75, 3.05) is 31.2 Å². The molecule has 14 heavy (non-hydrogen) atoms. The molecule has 5 heteroatoms. The van der Waals surface area contributed by atoms with Crippen LogP contribution in [0.4, 0.5) is 5.13 Å². The largest absolute Gasteiger partial charge is 0.390 e. The van der Waals surface area contributed by atoms with Crippen molar-refractivity contribution in [1.29, 1.82) is 0 Å². The van der Waals surface area contributed by atoms with Crippen molar-refractivity contribution in [2.24, 2.45) is 0 Å². The molecule has 4 nitrogen and oxygen atoms in total. The van der Waals surface area contributed by atoms with E-state index in [-0.39, 0.29) is 6.61 Å². The Balaban J connectivity index is 2.14. The summed E-state index contributed by atoms with van der Waals surface area (Å²) < 4.78 is 5.27. The monoisotopic (exact) mass is 214 g/mol. The zero-order valence-electron chi connectivity index (χ0n) is 8.19. The van der Waals surface area contributed by atoms with Crippen LogP contribution in [0.3, 0.4) is 0 Å². The zero-order valence-corrected chi connectivity index (χ0v) is 9.01. The van der Waals surface area contributed by atoms with Crippen LogP contribution in [0.15, 0.2) is 0 Å². The minimum atomic E-state index is 0.0344. The molecule has 0 spiro atoms. The van der Waals surface area contributed by atoms with Crippen LogP contribution in [0.5, 0.6) is 0 Å². The van der Waals surface area contributed by atoms with Gasteiger partial charge >= 0.3 is 0 Å². The molecule has 0 bridgehead atoms. The molecule has 0 atom stereocenters. The van der Waals surface area contributed by atoms with Crippen LogP contribution in [0.25, 0.3) is 0 Å². The van der Waals surface area contributed by atoms with E-state index in [1.807, 2.05) is 6.92 Å². The van der Waals surface area contributed by atoms with Gasteiger partial charge in [0.15, 0.2) is 5.13 Å². The molecule has 0 aromatic carbocycles. The Bertz CT molecular complexity index is 308. The minimum Gasteiger partial charge on any atom is -0.390 e. The summed E-state index contributed by atoms with van der Waals surface area (Å²) >= 11 is 1.64. The van der Waals surface area contributed by atoms with E-state index in [1.54, 1.807) is 11.3 Å². The molecule has 1 aliphatic rings. The molecular formula is C9H14N2O2S. The third-order valence-electron chi connectivity index (χ3n) is 2.31. The van der Waals surface area contributed by atoms with Gasteiger partial charge in [-0.05, 0) is 6.92 Å². The number of anilines is 1. The van der Waals surface area contributed by atoms with Gasteiger partial charge in [0.05, 0.1) is 25.5 Å². The van der Waals surface area contributed by atoms with Crippen molar-refractivity contribution >= 4 is 16.5 Å². The third kappa shape index (κ3) is 1.89. The summed E-state index contributed by atoms with van der Waals surface area (Å²) in [6, 6.07) is 0. The van der Waals surface area contributed by atoms with Crippen LogP contribution in [-0.4, -0.2) is 36.4 Å². The first-order valence-electron chi connectivity index (χ1n) is 4.71. The standard InChI is InChI=1S/C9H14N2O2S/c1-7-8(6-12)10-9(14-7)11-2-4-13-5-3-11/h12H,2-6H2,1H3. The van der Waals surface area contributed by atoms with E-state index in [0.29, 0.717) is 0 Å². The summed E-state index contributed by atoms with van der Waals surface area (Å²) in [5, 5.41) is 10.0. The molecule has 1 fully saturated rings. The summed E-state index contributed by atoms with van der Waals surface area (Å²) in [5.41, 5.74) is 0.802. The fourth-order valence-corrected chi connectivity index (χ4v) is 2.42. The lowest BCUT2D eigenvalue weighted by Crippen LogP contribution is -2.36.